The van der Waals surface area contributed by atoms with Crippen LogP contribution < -0.4 is 10.6 Å². The molecule has 2 amide bonds. The van der Waals surface area contributed by atoms with Crippen molar-refractivity contribution < 1.29 is 14.7 Å². The van der Waals surface area contributed by atoms with Crippen molar-refractivity contribution in [2.75, 3.05) is 11.9 Å². The van der Waals surface area contributed by atoms with E-state index in [0.717, 1.165) is 0 Å². The topological polar surface area (TPSA) is 78.4 Å². The standard InChI is InChI=1S/C12H13ClN2O3/c13-8-3-1-2-4-9(8)15-11(18)14-7-12(5-6-12)10(16)17/h1-4H,5-7H2,(H,16,17)(H2,14,15,18). The molecule has 0 aromatic heterocycles. The summed E-state index contributed by atoms with van der Waals surface area (Å²) in [7, 11) is 0. The van der Waals surface area contributed by atoms with Gasteiger partial charge >= 0.3 is 12.0 Å². The number of para-hydroxylation sites is 1. The number of rotatable bonds is 4. The van der Waals surface area contributed by atoms with Gasteiger partial charge in [0, 0.05) is 6.54 Å². The van der Waals surface area contributed by atoms with Gasteiger partial charge in [0.2, 0.25) is 0 Å². The number of carboxylic acid groups (broad SMARTS) is 1. The van der Waals surface area contributed by atoms with Crippen molar-refractivity contribution in [1.29, 1.82) is 0 Å². The first-order valence-corrected chi connectivity index (χ1v) is 5.94. The van der Waals surface area contributed by atoms with Gasteiger partial charge in [0.05, 0.1) is 16.1 Å². The van der Waals surface area contributed by atoms with Crippen LogP contribution in [-0.2, 0) is 4.79 Å². The molecule has 0 aliphatic heterocycles. The minimum atomic E-state index is -0.861. The average Bonchev–Trinajstić information content (AvgIpc) is 3.11. The van der Waals surface area contributed by atoms with Gasteiger partial charge in [-0.25, -0.2) is 4.79 Å². The Bertz CT molecular complexity index is 486. The lowest BCUT2D eigenvalue weighted by Crippen LogP contribution is -2.36. The van der Waals surface area contributed by atoms with E-state index >= 15 is 0 Å². The molecule has 96 valence electrons. The Hall–Kier alpha value is -1.75. The number of amides is 2. The molecular weight excluding hydrogens is 256 g/mol. The highest BCUT2D eigenvalue weighted by atomic mass is 35.5. The van der Waals surface area contributed by atoms with Crippen LogP contribution in [0, 0.1) is 5.41 Å². The quantitative estimate of drug-likeness (QED) is 0.784. The Labute approximate surface area is 109 Å². The molecule has 1 aromatic rings. The van der Waals surface area contributed by atoms with Crippen LogP contribution in [0.1, 0.15) is 12.8 Å². The average molecular weight is 269 g/mol. The Morgan fingerprint density at radius 3 is 2.56 bits per heavy atom. The molecule has 1 aliphatic rings. The normalized spacial score (nSPS) is 15.8. The van der Waals surface area contributed by atoms with Gasteiger partial charge in [0.25, 0.3) is 0 Å². The molecule has 18 heavy (non-hydrogen) atoms. The number of urea groups is 1. The molecule has 1 saturated carbocycles. The monoisotopic (exact) mass is 268 g/mol. The van der Waals surface area contributed by atoms with Crippen LogP contribution in [0.2, 0.25) is 5.02 Å². The van der Waals surface area contributed by atoms with Crippen LogP contribution in [0.15, 0.2) is 24.3 Å². The molecule has 0 bridgehead atoms. The second-order valence-corrected chi connectivity index (χ2v) is 4.78. The predicted octanol–water partition coefficient (Wildman–Crippen LogP) is 2.33. The Morgan fingerprint density at radius 1 is 1.33 bits per heavy atom. The first-order chi connectivity index (χ1) is 8.53. The number of aliphatic carboxylic acids is 1. The van der Waals surface area contributed by atoms with Crippen molar-refractivity contribution in [2.24, 2.45) is 5.41 Å². The highest BCUT2D eigenvalue weighted by molar-refractivity contribution is 6.33. The van der Waals surface area contributed by atoms with Gasteiger partial charge < -0.3 is 15.7 Å². The number of hydrogen-bond donors (Lipinski definition) is 3. The minimum absolute atomic E-state index is 0.138. The summed E-state index contributed by atoms with van der Waals surface area (Å²) in [6, 6.07) is 6.40. The molecule has 0 atom stereocenters. The molecule has 6 heteroatoms. The zero-order chi connectivity index (χ0) is 13.2. The summed E-state index contributed by atoms with van der Waals surface area (Å²) in [6.45, 7) is 0.138. The second kappa shape index (κ2) is 4.86. The van der Waals surface area contributed by atoms with Gasteiger partial charge in [-0.15, -0.1) is 0 Å². The van der Waals surface area contributed by atoms with Crippen molar-refractivity contribution in [1.82, 2.24) is 5.32 Å². The van der Waals surface area contributed by atoms with E-state index in [9.17, 15) is 9.59 Å². The number of carboxylic acids is 1. The van der Waals surface area contributed by atoms with E-state index in [1.807, 2.05) is 0 Å². The summed E-state index contributed by atoms with van der Waals surface area (Å²) < 4.78 is 0. The van der Waals surface area contributed by atoms with Gasteiger partial charge in [-0.1, -0.05) is 23.7 Å². The number of anilines is 1. The molecule has 0 spiro atoms. The number of benzene rings is 1. The summed E-state index contributed by atoms with van der Waals surface area (Å²) in [5.74, 6) is -0.861. The lowest BCUT2D eigenvalue weighted by molar-refractivity contribution is -0.143. The molecule has 1 aromatic carbocycles. The Kier molecular flexibility index (Phi) is 3.43. The van der Waals surface area contributed by atoms with Crippen molar-refractivity contribution in [3.05, 3.63) is 29.3 Å². The SMILES string of the molecule is O=C(NCC1(C(=O)O)CC1)Nc1ccccc1Cl. The molecule has 0 unspecified atom stereocenters. The summed E-state index contributed by atoms with van der Waals surface area (Å²) in [6.07, 6.45) is 1.21. The van der Waals surface area contributed by atoms with Gasteiger partial charge in [0.15, 0.2) is 0 Å². The smallest absolute Gasteiger partial charge is 0.319 e. The van der Waals surface area contributed by atoms with E-state index in [4.69, 9.17) is 16.7 Å². The number of halogens is 1. The molecule has 0 saturated heterocycles. The molecule has 1 aliphatic carbocycles. The first-order valence-electron chi connectivity index (χ1n) is 5.56. The van der Waals surface area contributed by atoms with E-state index in [1.54, 1.807) is 24.3 Å². The lowest BCUT2D eigenvalue weighted by atomic mass is 10.1. The van der Waals surface area contributed by atoms with Crippen LogP contribution in [0.25, 0.3) is 0 Å². The fourth-order valence-corrected chi connectivity index (χ4v) is 1.78. The highest BCUT2D eigenvalue weighted by Crippen LogP contribution is 2.45. The first kappa shape index (κ1) is 12.7. The summed E-state index contributed by atoms with van der Waals surface area (Å²) >= 11 is 5.88. The third-order valence-corrected chi connectivity index (χ3v) is 3.35. The van der Waals surface area contributed by atoms with Crippen molar-refractivity contribution in [2.45, 2.75) is 12.8 Å². The molecular formula is C12H13ClN2O3. The third kappa shape index (κ3) is 2.73. The van der Waals surface area contributed by atoms with Gasteiger partial charge in [-0.05, 0) is 25.0 Å². The van der Waals surface area contributed by atoms with Crippen LogP contribution in [0.4, 0.5) is 10.5 Å². The van der Waals surface area contributed by atoms with E-state index in [1.165, 1.54) is 0 Å². The van der Waals surface area contributed by atoms with E-state index in [2.05, 4.69) is 10.6 Å². The molecule has 0 heterocycles. The predicted molar refractivity (Wildman–Crippen MR) is 67.8 cm³/mol. The lowest BCUT2D eigenvalue weighted by Gasteiger charge is -2.12. The Morgan fingerprint density at radius 2 is 2.00 bits per heavy atom. The molecule has 5 nitrogen and oxygen atoms in total. The van der Waals surface area contributed by atoms with Crippen molar-refractivity contribution in [3.63, 3.8) is 0 Å². The Balaban J connectivity index is 1.87. The van der Waals surface area contributed by atoms with Gasteiger partial charge in [-0.2, -0.15) is 0 Å². The number of nitrogens with one attached hydrogen (secondary N) is 2. The summed E-state index contributed by atoms with van der Waals surface area (Å²) in [5.41, 5.74) is -0.269. The van der Waals surface area contributed by atoms with Gasteiger partial charge in [-0.3, -0.25) is 4.79 Å². The maximum atomic E-state index is 11.6. The van der Waals surface area contributed by atoms with Crippen molar-refractivity contribution in [3.8, 4) is 0 Å². The molecule has 0 radical (unpaired) electrons. The van der Waals surface area contributed by atoms with Crippen LogP contribution >= 0.6 is 11.6 Å². The largest absolute Gasteiger partial charge is 0.481 e. The fourth-order valence-electron chi connectivity index (χ4n) is 1.60. The van der Waals surface area contributed by atoms with Crippen LogP contribution in [-0.4, -0.2) is 23.7 Å². The van der Waals surface area contributed by atoms with E-state index in [0.29, 0.717) is 23.6 Å². The third-order valence-electron chi connectivity index (χ3n) is 3.02. The fraction of sp³-hybridized carbons (Fsp3) is 0.333. The van der Waals surface area contributed by atoms with Crippen LogP contribution in [0.3, 0.4) is 0 Å². The zero-order valence-electron chi connectivity index (χ0n) is 9.57. The minimum Gasteiger partial charge on any atom is -0.481 e. The molecule has 2 rings (SSSR count). The summed E-state index contributed by atoms with van der Waals surface area (Å²) in [4.78, 5) is 22.5. The molecule has 3 N–H and O–H groups in total. The number of carbonyl (C=O) groups is 2. The maximum Gasteiger partial charge on any atom is 0.319 e. The summed E-state index contributed by atoms with van der Waals surface area (Å²) in [5, 5.41) is 14.5. The number of hydrogen-bond acceptors (Lipinski definition) is 2. The second-order valence-electron chi connectivity index (χ2n) is 4.37. The number of carbonyl (C=O) groups excluding carboxylic acids is 1. The zero-order valence-corrected chi connectivity index (χ0v) is 10.3. The van der Waals surface area contributed by atoms with E-state index < -0.39 is 17.4 Å². The highest BCUT2D eigenvalue weighted by Gasteiger charge is 2.50. The van der Waals surface area contributed by atoms with Crippen molar-refractivity contribution >= 4 is 29.3 Å². The van der Waals surface area contributed by atoms with E-state index in [-0.39, 0.29) is 6.54 Å². The maximum absolute atomic E-state index is 11.6. The van der Waals surface area contributed by atoms with Gasteiger partial charge in [0.1, 0.15) is 0 Å². The van der Waals surface area contributed by atoms with Crippen LogP contribution in [0.5, 0.6) is 0 Å². The molecule has 1 fully saturated rings.